The molecule has 0 aliphatic heterocycles. The standard InChI is InChI=1S/C52H36N2S2/c1-52(2)45-17-8-6-13-41(45)42-29-27-38(31-46(42)52)54(37-25-23-35(24-26-37)40-15-10-16-44-43-14-7-9-18-48(43)55-50(40)44)39-28-30-47-49(32-39)56-51(53-47)36-21-19-34(20-22-36)33-11-4-3-5-12-33/h3-32H,1-2H3. The monoisotopic (exact) mass is 752 g/mol. The van der Waals surface area contributed by atoms with Gasteiger partial charge in [0.15, 0.2) is 0 Å². The molecule has 0 saturated carbocycles. The lowest BCUT2D eigenvalue weighted by molar-refractivity contribution is 0.660. The first kappa shape index (κ1) is 33.0. The van der Waals surface area contributed by atoms with E-state index in [0.29, 0.717) is 0 Å². The molecular formula is C52H36N2S2. The molecule has 8 aromatic carbocycles. The largest absolute Gasteiger partial charge is 0.310 e. The van der Waals surface area contributed by atoms with Gasteiger partial charge in [-0.05, 0) is 93.0 Å². The molecule has 0 saturated heterocycles. The fourth-order valence-corrected chi connectivity index (χ4v) is 10.9. The second kappa shape index (κ2) is 12.9. The van der Waals surface area contributed by atoms with Crippen molar-refractivity contribution in [2.45, 2.75) is 19.3 Å². The SMILES string of the molecule is CC1(C)c2ccccc2-c2ccc(N(c3ccc(-c4cccc5c4sc4ccccc45)cc3)c3ccc4nc(-c5ccc(-c6ccccc6)cc5)sc4c3)cc21. The highest BCUT2D eigenvalue weighted by atomic mass is 32.1. The molecule has 4 heteroatoms. The average molecular weight is 753 g/mol. The molecule has 266 valence electrons. The van der Waals surface area contributed by atoms with Crippen molar-refractivity contribution >= 4 is 70.1 Å². The number of nitrogens with zero attached hydrogens (tertiary/aromatic N) is 2. The van der Waals surface area contributed by atoms with Crippen LogP contribution < -0.4 is 4.90 Å². The van der Waals surface area contributed by atoms with Crippen LogP contribution in [0.25, 0.3) is 74.3 Å². The molecule has 56 heavy (non-hydrogen) atoms. The maximum atomic E-state index is 5.11. The highest BCUT2D eigenvalue weighted by Gasteiger charge is 2.35. The van der Waals surface area contributed by atoms with Crippen LogP contribution in [0.3, 0.4) is 0 Å². The third-order valence-electron chi connectivity index (χ3n) is 11.5. The zero-order valence-corrected chi connectivity index (χ0v) is 32.7. The van der Waals surface area contributed by atoms with Crippen LogP contribution in [0.1, 0.15) is 25.0 Å². The predicted molar refractivity (Wildman–Crippen MR) is 241 cm³/mol. The number of aromatic nitrogens is 1. The predicted octanol–water partition coefficient (Wildman–Crippen LogP) is 15.4. The quantitative estimate of drug-likeness (QED) is 0.168. The molecule has 0 spiro atoms. The van der Waals surface area contributed by atoms with Gasteiger partial charge in [-0.25, -0.2) is 4.98 Å². The number of thiophene rings is 1. The molecule has 11 rings (SSSR count). The molecule has 2 nitrogen and oxygen atoms in total. The van der Waals surface area contributed by atoms with Crippen LogP contribution in [-0.2, 0) is 5.41 Å². The summed E-state index contributed by atoms with van der Waals surface area (Å²) in [5, 5.41) is 3.67. The van der Waals surface area contributed by atoms with Gasteiger partial charge >= 0.3 is 0 Å². The molecule has 0 radical (unpaired) electrons. The van der Waals surface area contributed by atoms with E-state index in [2.05, 4.69) is 201 Å². The third kappa shape index (κ3) is 5.32. The topological polar surface area (TPSA) is 16.1 Å². The Kier molecular flexibility index (Phi) is 7.60. The van der Waals surface area contributed by atoms with E-state index in [1.54, 1.807) is 11.3 Å². The van der Waals surface area contributed by atoms with Crippen molar-refractivity contribution in [3.63, 3.8) is 0 Å². The lowest BCUT2D eigenvalue weighted by atomic mass is 9.82. The van der Waals surface area contributed by atoms with Crippen molar-refractivity contribution in [3.8, 4) is 44.0 Å². The number of fused-ring (bicyclic) bond motifs is 7. The van der Waals surface area contributed by atoms with Crippen molar-refractivity contribution in [2.24, 2.45) is 0 Å². The van der Waals surface area contributed by atoms with Gasteiger partial charge in [0, 0.05) is 48.2 Å². The van der Waals surface area contributed by atoms with E-state index < -0.39 is 0 Å². The van der Waals surface area contributed by atoms with Crippen LogP contribution in [0.5, 0.6) is 0 Å². The normalized spacial score (nSPS) is 13.0. The Balaban J connectivity index is 1.01. The van der Waals surface area contributed by atoms with Crippen LogP contribution in [-0.4, -0.2) is 4.98 Å². The molecular weight excluding hydrogens is 717 g/mol. The van der Waals surface area contributed by atoms with Crippen LogP contribution in [0.2, 0.25) is 0 Å². The highest BCUT2D eigenvalue weighted by molar-refractivity contribution is 7.26. The van der Waals surface area contributed by atoms with E-state index in [1.807, 2.05) is 11.3 Å². The summed E-state index contributed by atoms with van der Waals surface area (Å²) in [6.07, 6.45) is 0. The van der Waals surface area contributed by atoms with Crippen LogP contribution in [0, 0.1) is 0 Å². The summed E-state index contributed by atoms with van der Waals surface area (Å²) in [6, 6.07) is 66.5. The molecule has 10 aromatic rings. The summed E-state index contributed by atoms with van der Waals surface area (Å²) in [5.41, 5.74) is 15.7. The lowest BCUT2D eigenvalue weighted by Gasteiger charge is -2.28. The number of hydrogen-bond acceptors (Lipinski definition) is 4. The van der Waals surface area contributed by atoms with Gasteiger partial charge in [-0.2, -0.15) is 0 Å². The number of anilines is 3. The molecule has 0 unspecified atom stereocenters. The lowest BCUT2D eigenvalue weighted by Crippen LogP contribution is -2.16. The maximum absolute atomic E-state index is 5.11. The van der Waals surface area contributed by atoms with E-state index in [0.717, 1.165) is 37.8 Å². The van der Waals surface area contributed by atoms with Crippen LogP contribution >= 0.6 is 22.7 Å². The summed E-state index contributed by atoms with van der Waals surface area (Å²) < 4.78 is 3.82. The molecule has 0 bridgehead atoms. The Morgan fingerprint density at radius 1 is 0.429 bits per heavy atom. The van der Waals surface area contributed by atoms with Gasteiger partial charge in [0.2, 0.25) is 0 Å². The van der Waals surface area contributed by atoms with Crippen LogP contribution in [0.15, 0.2) is 182 Å². The van der Waals surface area contributed by atoms with Gasteiger partial charge in [-0.1, -0.05) is 147 Å². The van der Waals surface area contributed by atoms with Gasteiger partial charge in [0.05, 0.1) is 10.2 Å². The van der Waals surface area contributed by atoms with Crippen molar-refractivity contribution in [1.82, 2.24) is 4.98 Å². The summed E-state index contributed by atoms with van der Waals surface area (Å²) in [6.45, 7) is 4.71. The Hall–Kier alpha value is -6.33. The molecule has 1 aliphatic rings. The fourth-order valence-electron chi connectivity index (χ4n) is 8.65. The third-order valence-corrected chi connectivity index (χ3v) is 13.8. The number of thiazole rings is 1. The van der Waals surface area contributed by atoms with Crippen molar-refractivity contribution in [3.05, 3.63) is 193 Å². The zero-order valence-electron chi connectivity index (χ0n) is 31.0. The number of benzene rings is 8. The highest BCUT2D eigenvalue weighted by Crippen LogP contribution is 2.51. The van der Waals surface area contributed by atoms with E-state index in [9.17, 15) is 0 Å². The minimum absolute atomic E-state index is 0.104. The Morgan fingerprint density at radius 2 is 1.05 bits per heavy atom. The van der Waals surface area contributed by atoms with Crippen molar-refractivity contribution in [1.29, 1.82) is 0 Å². The Labute approximate surface area is 334 Å². The summed E-state index contributed by atoms with van der Waals surface area (Å²) in [7, 11) is 0. The molecule has 0 N–H and O–H groups in total. The van der Waals surface area contributed by atoms with Gasteiger partial charge in [0.1, 0.15) is 5.01 Å². The van der Waals surface area contributed by atoms with Gasteiger partial charge < -0.3 is 4.90 Å². The molecule has 0 atom stereocenters. The van der Waals surface area contributed by atoms with Crippen molar-refractivity contribution < 1.29 is 0 Å². The smallest absolute Gasteiger partial charge is 0.124 e. The fraction of sp³-hybridized carbons (Fsp3) is 0.0577. The van der Waals surface area contributed by atoms with E-state index in [4.69, 9.17) is 4.98 Å². The molecule has 2 heterocycles. The first-order valence-electron chi connectivity index (χ1n) is 19.1. The second-order valence-electron chi connectivity index (χ2n) is 15.2. The zero-order chi connectivity index (χ0) is 37.4. The summed E-state index contributed by atoms with van der Waals surface area (Å²) in [4.78, 5) is 7.52. The Morgan fingerprint density at radius 3 is 1.91 bits per heavy atom. The van der Waals surface area contributed by atoms with Gasteiger partial charge in [0.25, 0.3) is 0 Å². The Bertz CT molecular complexity index is 3100. The first-order valence-corrected chi connectivity index (χ1v) is 20.7. The molecule has 1 aliphatic carbocycles. The minimum atomic E-state index is -0.104. The molecule has 0 fully saturated rings. The number of hydrogen-bond donors (Lipinski definition) is 0. The van der Waals surface area contributed by atoms with Gasteiger partial charge in [-0.3, -0.25) is 0 Å². The average Bonchev–Trinajstić information content (AvgIpc) is 3.92. The minimum Gasteiger partial charge on any atom is -0.310 e. The van der Waals surface area contributed by atoms with Crippen molar-refractivity contribution in [2.75, 3.05) is 4.90 Å². The van der Waals surface area contributed by atoms with E-state index >= 15 is 0 Å². The number of rotatable bonds is 6. The molecule has 2 aromatic heterocycles. The van der Waals surface area contributed by atoms with Crippen LogP contribution in [0.4, 0.5) is 17.1 Å². The summed E-state index contributed by atoms with van der Waals surface area (Å²) >= 11 is 3.63. The summed E-state index contributed by atoms with van der Waals surface area (Å²) in [5.74, 6) is 0. The first-order chi connectivity index (χ1) is 27.5. The maximum Gasteiger partial charge on any atom is 0.124 e. The van der Waals surface area contributed by atoms with E-state index in [-0.39, 0.29) is 5.41 Å². The molecule has 0 amide bonds. The van der Waals surface area contributed by atoms with E-state index in [1.165, 1.54) is 64.7 Å². The second-order valence-corrected chi connectivity index (χ2v) is 17.3. The van der Waals surface area contributed by atoms with Gasteiger partial charge in [-0.15, -0.1) is 22.7 Å².